The van der Waals surface area contributed by atoms with Crippen LogP contribution in [0.25, 0.3) is 0 Å². The van der Waals surface area contributed by atoms with E-state index in [9.17, 15) is 0 Å². The second-order valence-corrected chi connectivity index (χ2v) is 4.35. The van der Waals surface area contributed by atoms with E-state index in [-0.39, 0.29) is 6.01 Å². The van der Waals surface area contributed by atoms with Crippen LogP contribution in [0.3, 0.4) is 0 Å². The van der Waals surface area contributed by atoms with Gasteiger partial charge in [-0.3, -0.25) is 4.68 Å². The second-order valence-electron chi connectivity index (χ2n) is 4.35. The summed E-state index contributed by atoms with van der Waals surface area (Å²) in [4.78, 5) is 12.4. The molecule has 8 heteroatoms. The van der Waals surface area contributed by atoms with Gasteiger partial charge in [-0.1, -0.05) is 0 Å². The van der Waals surface area contributed by atoms with Crippen LogP contribution in [0.5, 0.6) is 6.01 Å². The van der Waals surface area contributed by atoms with Gasteiger partial charge < -0.3 is 15.4 Å². The lowest BCUT2D eigenvalue weighted by Gasteiger charge is -2.08. The molecule has 0 spiro atoms. The van der Waals surface area contributed by atoms with Crippen molar-refractivity contribution in [3.8, 4) is 6.01 Å². The minimum atomic E-state index is 0.270. The summed E-state index contributed by atoms with van der Waals surface area (Å²) in [7, 11) is 5.19. The molecule has 0 aromatic carbocycles. The lowest BCUT2D eigenvalue weighted by atomic mass is 10.2. The molecule has 0 unspecified atom stereocenters. The highest BCUT2D eigenvalue weighted by atomic mass is 16.5. The Balaban J connectivity index is 2.18. The summed E-state index contributed by atoms with van der Waals surface area (Å²) >= 11 is 0. The Kier molecular flexibility index (Phi) is 4.02. The zero-order chi connectivity index (χ0) is 14.7. The van der Waals surface area contributed by atoms with Crippen molar-refractivity contribution < 1.29 is 4.74 Å². The molecule has 2 aromatic heterocycles. The molecule has 0 saturated heterocycles. The standard InChI is InChI=1S/C12H19N7O/c1-7-9(8(2)19(4)18-7)6-14-11-15-10(13-3)16-12(17-11)20-5/h6H2,1-5H3,(H2,13,14,15,16,17). The van der Waals surface area contributed by atoms with E-state index in [2.05, 4.69) is 30.7 Å². The van der Waals surface area contributed by atoms with Gasteiger partial charge in [-0.2, -0.15) is 20.1 Å². The molecule has 108 valence electrons. The first-order valence-electron chi connectivity index (χ1n) is 6.26. The number of ether oxygens (including phenoxy) is 1. The van der Waals surface area contributed by atoms with Crippen molar-refractivity contribution in [2.45, 2.75) is 20.4 Å². The fourth-order valence-corrected chi connectivity index (χ4v) is 1.88. The summed E-state index contributed by atoms with van der Waals surface area (Å²) in [6.07, 6.45) is 0. The average Bonchev–Trinajstić information content (AvgIpc) is 2.69. The summed E-state index contributed by atoms with van der Waals surface area (Å²) in [6.45, 7) is 4.61. The van der Waals surface area contributed by atoms with Crippen molar-refractivity contribution >= 4 is 11.9 Å². The molecule has 0 fully saturated rings. The Bertz CT molecular complexity index is 586. The van der Waals surface area contributed by atoms with E-state index in [1.54, 1.807) is 7.05 Å². The molecule has 0 radical (unpaired) electrons. The molecule has 0 amide bonds. The van der Waals surface area contributed by atoms with Crippen LogP contribution in [0.1, 0.15) is 17.0 Å². The van der Waals surface area contributed by atoms with E-state index >= 15 is 0 Å². The number of aryl methyl sites for hydroxylation is 2. The molecule has 8 nitrogen and oxygen atoms in total. The van der Waals surface area contributed by atoms with Gasteiger partial charge in [0.1, 0.15) is 0 Å². The third kappa shape index (κ3) is 2.79. The minimum Gasteiger partial charge on any atom is -0.467 e. The van der Waals surface area contributed by atoms with Gasteiger partial charge in [-0.15, -0.1) is 0 Å². The Morgan fingerprint density at radius 1 is 1.15 bits per heavy atom. The molecule has 0 aliphatic rings. The van der Waals surface area contributed by atoms with Crippen LogP contribution in [0.4, 0.5) is 11.9 Å². The van der Waals surface area contributed by atoms with Crippen molar-refractivity contribution in [1.29, 1.82) is 0 Å². The first kappa shape index (κ1) is 14.0. The Morgan fingerprint density at radius 3 is 2.40 bits per heavy atom. The summed E-state index contributed by atoms with van der Waals surface area (Å²) in [6, 6.07) is 0.270. The maximum absolute atomic E-state index is 5.04. The quantitative estimate of drug-likeness (QED) is 0.838. The summed E-state index contributed by atoms with van der Waals surface area (Å²) in [5.41, 5.74) is 3.25. The van der Waals surface area contributed by atoms with Crippen molar-refractivity contribution in [2.24, 2.45) is 7.05 Å². The van der Waals surface area contributed by atoms with Crippen molar-refractivity contribution in [1.82, 2.24) is 24.7 Å². The van der Waals surface area contributed by atoms with Crippen LogP contribution >= 0.6 is 0 Å². The van der Waals surface area contributed by atoms with E-state index in [1.165, 1.54) is 7.11 Å². The molecular weight excluding hydrogens is 258 g/mol. The number of aromatic nitrogens is 5. The van der Waals surface area contributed by atoms with Gasteiger partial charge in [0.05, 0.1) is 12.8 Å². The summed E-state index contributed by atoms with van der Waals surface area (Å²) in [5.74, 6) is 0.919. The van der Waals surface area contributed by atoms with Gasteiger partial charge in [0.25, 0.3) is 0 Å². The molecule has 2 rings (SSSR count). The molecule has 2 N–H and O–H groups in total. The zero-order valence-electron chi connectivity index (χ0n) is 12.4. The first-order valence-corrected chi connectivity index (χ1v) is 6.26. The topological polar surface area (TPSA) is 89.8 Å². The molecule has 20 heavy (non-hydrogen) atoms. The number of rotatable bonds is 5. The van der Waals surface area contributed by atoms with Crippen molar-refractivity contribution in [3.05, 3.63) is 17.0 Å². The van der Waals surface area contributed by atoms with E-state index in [0.29, 0.717) is 18.4 Å². The van der Waals surface area contributed by atoms with Crippen molar-refractivity contribution in [3.63, 3.8) is 0 Å². The van der Waals surface area contributed by atoms with Crippen LogP contribution < -0.4 is 15.4 Å². The van der Waals surface area contributed by atoms with Gasteiger partial charge in [0.2, 0.25) is 11.9 Å². The third-order valence-electron chi connectivity index (χ3n) is 3.10. The smallest absolute Gasteiger partial charge is 0.322 e. The predicted octanol–water partition coefficient (Wildman–Crippen LogP) is 0.884. The Morgan fingerprint density at radius 2 is 1.85 bits per heavy atom. The number of hydrogen-bond acceptors (Lipinski definition) is 7. The summed E-state index contributed by atoms with van der Waals surface area (Å²) < 4.78 is 6.90. The van der Waals surface area contributed by atoms with Gasteiger partial charge >= 0.3 is 6.01 Å². The van der Waals surface area contributed by atoms with Crippen LogP contribution in [-0.2, 0) is 13.6 Å². The predicted molar refractivity (Wildman–Crippen MR) is 75.9 cm³/mol. The maximum Gasteiger partial charge on any atom is 0.322 e. The van der Waals surface area contributed by atoms with Gasteiger partial charge in [-0.25, -0.2) is 0 Å². The van der Waals surface area contributed by atoms with E-state index in [0.717, 1.165) is 17.0 Å². The van der Waals surface area contributed by atoms with Gasteiger partial charge in [0.15, 0.2) is 0 Å². The number of methoxy groups -OCH3 is 1. The molecule has 0 aliphatic heterocycles. The van der Waals surface area contributed by atoms with E-state index in [4.69, 9.17) is 4.74 Å². The number of hydrogen-bond donors (Lipinski definition) is 2. The van der Waals surface area contributed by atoms with Crippen LogP contribution in [0.15, 0.2) is 0 Å². The van der Waals surface area contributed by atoms with E-state index < -0.39 is 0 Å². The van der Waals surface area contributed by atoms with Crippen molar-refractivity contribution in [2.75, 3.05) is 24.8 Å². The highest BCUT2D eigenvalue weighted by Gasteiger charge is 2.11. The number of nitrogens with zero attached hydrogens (tertiary/aromatic N) is 5. The summed E-state index contributed by atoms with van der Waals surface area (Å²) in [5, 5.41) is 10.4. The number of nitrogens with one attached hydrogen (secondary N) is 2. The lowest BCUT2D eigenvalue weighted by molar-refractivity contribution is 0.379. The van der Waals surface area contributed by atoms with E-state index in [1.807, 2.05) is 25.6 Å². The Hall–Kier alpha value is -2.38. The van der Waals surface area contributed by atoms with Crippen LogP contribution in [0, 0.1) is 13.8 Å². The molecule has 0 bridgehead atoms. The zero-order valence-corrected chi connectivity index (χ0v) is 12.4. The minimum absolute atomic E-state index is 0.270. The van der Waals surface area contributed by atoms with Crippen LogP contribution in [-0.4, -0.2) is 38.9 Å². The molecule has 0 saturated carbocycles. The third-order valence-corrected chi connectivity index (χ3v) is 3.10. The molecule has 0 aliphatic carbocycles. The average molecular weight is 277 g/mol. The fraction of sp³-hybridized carbons (Fsp3) is 0.500. The van der Waals surface area contributed by atoms with Gasteiger partial charge in [-0.05, 0) is 13.8 Å². The first-order chi connectivity index (χ1) is 9.55. The highest BCUT2D eigenvalue weighted by Crippen LogP contribution is 2.15. The molecule has 2 heterocycles. The van der Waals surface area contributed by atoms with Gasteiger partial charge in [0, 0.05) is 31.9 Å². The maximum atomic E-state index is 5.04. The largest absolute Gasteiger partial charge is 0.467 e. The molecular formula is C12H19N7O. The lowest BCUT2D eigenvalue weighted by Crippen LogP contribution is -2.09. The molecule has 2 aromatic rings. The fourth-order valence-electron chi connectivity index (χ4n) is 1.88. The molecule has 0 atom stereocenters. The second kappa shape index (κ2) is 5.72. The number of anilines is 2. The van der Waals surface area contributed by atoms with Crippen LogP contribution in [0.2, 0.25) is 0 Å². The highest BCUT2D eigenvalue weighted by molar-refractivity contribution is 5.37. The SMILES string of the molecule is CNc1nc(NCc2c(C)nn(C)c2C)nc(OC)n1. The normalized spacial score (nSPS) is 10.4. The monoisotopic (exact) mass is 277 g/mol. The Labute approximate surface area is 117 Å².